The highest BCUT2D eigenvalue weighted by molar-refractivity contribution is 7.89. The first-order valence-corrected chi connectivity index (χ1v) is 12.1. The summed E-state index contributed by atoms with van der Waals surface area (Å²) in [7, 11) is -3.14. The molecule has 0 unspecified atom stereocenters. The number of morpholine rings is 1. The molecule has 0 aromatic heterocycles. The van der Waals surface area contributed by atoms with Gasteiger partial charge in [0.1, 0.15) is 0 Å². The summed E-state index contributed by atoms with van der Waals surface area (Å²) in [6, 6.07) is -0.0609. The molecule has 1 N–H and O–H groups in total. The van der Waals surface area contributed by atoms with Crippen molar-refractivity contribution >= 4 is 15.9 Å². The Hall–Kier alpha value is -0.700. The van der Waals surface area contributed by atoms with E-state index < -0.39 is 10.0 Å². The molecule has 0 spiro atoms. The van der Waals surface area contributed by atoms with Crippen molar-refractivity contribution in [1.29, 1.82) is 0 Å². The lowest BCUT2D eigenvalue weighted by Gasteiger charge is -2.39. The minimum Gasteiger partial charge on any atom is -0.379 e. The Morgan fingerprint density at radius 1 is 1.07 bits per heavy atom. The topological polar surface area (TPSA) is 79.0 Å². The number of amides is 1. The molecule has 0 radical (unpaired) electrons. The lowest BCUT2D eigenvalue weighted by Crippen LogP contribution is -2.57. The van der Waals surface area contributed by atoms with Gasteiger partial charge in [-0.15, -0.1) is 0 Å². The fourth-order valence-corrected chi connectivity index (χ4v) is 5.76. The minimum absolute atomic E-state index is 0.0588. The van der Waals surface area contributed by atoms with Crippen LogP contribution in [-0.2, 0) is 19.6 Å². The molecule has 158 valence electrons. The van der Waals surface area contributed by atoms with Crippen molar-refractivity contribution in [2.45, 2.75) is 65.0 Å². The van der Waals surface area contributed by atoms with E-state index in [1.165, 1.54) is 0 Å². The maximum atomic E-state index is 13.1. The molecule has 1 amide bonds. The molecule has 0 aliphatic carbocycles. The van der Waals surface area contributed by atoms with E-state index in [0.717, 1.165) is 25.9 Å². The van der Waals surface area contributed by atoms with Crippen LogP contribution in [0.25, 0.3) is 0 Å². The third kappa shape index (κ3) is 6.14. The van der Waals surface area contributed by atoms with Gasteiger partial charge >= 0.3 is 0 Å². The van der Waals surface area contributed by atoms with Gasteiger partial charge in [0.15, 0.2) is 0 Å². The van der Waals surface area contributed by atoms with Gasteiger partial charge in [-0.3, -0.25) is 9.69 Å². The third-order valence-electron chi connectivity index (χ3n) is 5.86. The maximum absolute atomic E-state index is 13.1. The van der Waals surface area contributed by atoms with Crippen LogP contribution in [0.5, 0.6) is 0 Å². The van der Waals surface area contributed by atoms with E-state index in [4.69, 9.17) is 4.74 Å². The summed E-state index contributed by atoms with van der Waals surface area (Å²) in [5, 5.41) is 3.23. The predicted octanol–water partition coefficient (Wildman–Crippen LogP) is 1.44. The second-order valence-corrected chi connectivity index (χ2v) is 9.76. The number of sulfonamides is 1. The van der Waals surface area contributed by atoms with Gasteiger partial charge in [0, 0.05) is 32.2 Å². The largest absolute Gasteiger partial charge is 0.379 e. The van der Waals surface area contributed by atoms with E-state index in [1.807, 2.05) is 6.92 Å². The maximum Gasteiger partial charge on any atom is 0.237 e. The Kier molecular flexibility index (Phi) is 8.98. The molecule has 2 rings (SSSR count). The van der Waals surface area contributed by atoms with Gasteiger partial charge in [0.05, 0.1) is 25.0 Å². The summed E-state index contributed by atoms with van der Waals surface area (Å²) in [4.78, 5) is 15.4. The SMILES string of the molecule is CCCS(=O)(=O)N1CCC(NC(=O)[C@@H](C(CC)CC)N2CCOCC2)CC1. The molecule has 0 bridgehead atoms. The number of nitrogens with one attached hydrogen (secondary N) is 1. The van der Waals surface area contributed by atoms with Crippen LogP contribution in [0, 0.1) is 5.92 Å². The smallest absolute Gasteiger partial charge is 0.237 e. The van der Waals surface area contributed by atoms with Crippen molar-refractivity contribution in [2.24, 2.45) is 5.92 Å². The number of hydrogen-bond donors (Lipinski definition) is 1. The predicted molar refractivity (Wildman–Crippen MR) is 107 cm³/mol. The molecule has 7 nitrogen and oxygen atoms in total. The van der Waals surface area contributed by atoms with Gasteiger partial charge in [0.25, 0.3) is 0 Å². The molecule has 2 aliphatic heterocycles. The molecule has 0 aromatic carbocycles. The molecule has 2 fully saturated rings. The summed E-state index contributed by atoms with van der Waals surface area (Å²) >= 11 is 0. The van der Waals surface area contributed by atoms with E-state index in [1.54, 1.807) is 4.31 Å². The Morgan fingerprint density at radius 3 is 2.19 bits per heavy atom. The second-order valence-electron chi connectivity index (χ2n) is 7.67. The molecule has 2 saturated heterocycles. The quantitative estimate of drug-likeness (QED) is 0.630. The highest BCUT2D eigenvalue weighted by Gasteiger charge is 2.35. The minimum atomic E-state index is -3.14. The summed E-state index contributed by atoms with van der Waals surface area (Å²) in [6.45, 7) is 10.1. The molecular formula is C19H37N3O4S. The first kappa shape index (κ1) is 22.6. The average Bonchev–Trinajstić information content (AvgIpc) is 2.67. The summed E-state index contributed by atoms with van der Waals surface area (Å²) in [6.07, 6.45) is 3.95. The number of carbonyl (C=O) groups excluding carboxylic acids is 1. The van der Waals surface area contributed by atoms with Gasteiger partial charge in [0.2, 0.25) is 15.9 Å². The van der Waals surface area contributed by atoms with Crippen molar-refractivity contribution in [2.75, 3.05) is 45.1 Å². The highest BCUT2D eigenvalue weighted by Crippen LogP contribution is 2.22. The van der Waals surface area contributed by atoms with Crippen LogP contribution < -0.4 is 5.32 Å². The lowest BCUT2D eigenvalue weighted by molar-refractivity contribution is -0.131. The van der Waals surface area contributed by atoms with E-state index in [9.17, 15) is 13.2 Å². The van der Waals surface area contributed by atoms with Gasteiger partial charge in [-0.2, -0.15) is 0 Å². The Morgan fingerprint density at radius 2 is 1.67 bits per heavy atom. The van der Waals surface area contributed by atoms with E-state index in [2.05, 4.69) is 24.1 Å². The molecule has 2 heterocycles. The van der Waals surface area contributed by atoms with Crippen molar-refractivity contribution in [3.8, 4) is 0 Å². The first-order chi connectivity index (χ1) is 12.9. The Bertz CT molecular complexity index is 551. The number of carbonyl (C=O) groups is 1. The fourth-order valence-electron chi connectivity index (χ4n) is 4.22. The van der Waals surface area contributed by atoms with Crippen molar-refractivity contribution < 1.29 is 17.9 Å². The highest BCUT2D eigenvalue weighted by atomic mass is 32.2. The second kappa shape index (κ2) is 10.7. The summed E-state index contributed by atoms with van der Waals surface area (Å²) in [5.41, 5.74) is 0. The van der Waals surface area contributed by atoms with Gasteiger partial charge in [-0.1, -0.05) is 33.6 Å². The molecule has 0 aromatic rings. The summed E-state index contributed by atoms with van der Waals surface area (Å²) < 4.78 is 31.5. The lowest BCUT2D eigenvalue weighted by atomic mass is 9.91. The summed E-state index contributed by atoms with van der Waals surface area (Å²) in [5.74, 6) is 0.631. The number of hydrogen-bond acceptors (Lipinski definition) is 5. The van der Waals surface area contributed by atoms with E-state index >= 15 is 0 Å². The van der Waals surface area contributed by atoms with E-state index in [-0.39, 0.29) is 23.7 Å². The van der Waals surface area contributed by atoms with Crippen LogP contribution in [0.2, 0.25) is 0 Å². The molecule has 1 atom stereocenters. The normalized spacial score (nSPS) is 22.1. The monoisotopic (exact) mass is 403 g/mol. The first-order valence-electron chi connectivity index (χ1n) is 10.5. The van der Waals surface area contributed by atoms with Crippen LogP contribution in [0.15, 0.2) is 0 Å². The zero-order valence-electron chi connectivity index (χ0n) is 17.2. The van der Waals surface area contributed by atoms with Gasteiger partial charge < -0.3 is 10.1 Å². The zero-order valence-corrected chi connectivity index (χ0v) is 18.0. The van der Waals surface area contributed by atoms with E-state index in [0.29, 0.717) is 51.5 Å². The average molecular weight is 404 g/mol. The van der Waals surface area contributed by atoms with Crippen LogP contribution in [0.4, 0.5) is 0 Å². The van der Waals surface area contributed by atoms with Crippen LogP contribution in [0.1, 0.15) is 52.9 Å². The number of nitrogens with zero attached hydrogens (tertiary/aromatic N) is 2. The number of rotatable bonds is 9. The number of ether oxygens (including phenoxy) is 1. The van der Waals surface area contributed by atoms with Gasteiger partial charge in [-0.25, -0.2) is 12.7 Å². The Balaban J connectivity index is 1.95. The van der Waals surface area contributed by atoms with Crippen LogP contribution in [-0.4, -0.2) is 80.8 Å². The van der Waals surface area contributed by atoms with Crippen LogP contribution in [0.3, 0.4) is 0 Å². The number of piperidine rings is 1. The third-order valence-corrected chi connectivity index (χ3v) is 7.93. The van der Waals surface area contributed by atoms with Crippen LogP contribution >= 0.6 is 0 Å². The van der Waals surface area contributed by atoms with Crippen molar-refractivity contribution in [3.63, 3.8) is 0 Å². The molecule has 2 aliphatic rings. The standard InChI is InChI=1S/C19H37N3O4S/c1-4-15-27(24,25)22-9-7-17(8-10-22)20-19(23)18(16(5-2)6-3)21-11-13-26-14-12-21/h16-18H,4-15H2,1-3H3,(H,20,23)/t18-/m1/s1. The zero-order chi connectivity index (χ0) is 19.9. The molecular weight excluding hydrogens is 366 g/mol. The van der Waals surface area contributed by atoms with Crippen molar-refractivity contribution in [1.82, 2.24) is 14.5 Å². The van der Waals surface area contributed by atoms with Crippen molar-refractivity contribution in [3.05, 3.63) is 0 Å². The molecule has 8 heteroatoms. The molecule has 0 saturated carbocycles. The Labute approximate surface area is 164 Å². The fraction of sp³-hybridized carbons (Fsp3) is 0.947. The molecule has 27 heavy (non-hydrogen) atoms. The van der Waals surface area contributed by atoms with Gasteiger partial charge in [-0.05, 0) is 25.2 Å².